The van der Waals surface area contributed by atoms with E-state index in [-0.39, 0.29) is 12.1 Å². The van der Waals surface area contributed by atoms with Gasteiger partial charge in [-0.3, -0.25) is 0 Å². The summed E-state index contributed by atoms with van der Waals surface area (Å²) in [5, 5.41) is 3.05. The van der Waals surface area contributed by atoms with Gasteiger partial charge >= 0.3 is 6.03 Å². The summed E-state index contributed by atoms with van der Waals surface area (Å²) in [5.41, 5.74) is 5.62. The molecule has 1 saturated heterocycles. The molecule has 14 heavy (non-hydrogen) atoms. The summed E-state index contributed by atoms with van der Waals surface area (Å²) in [6, 6.07) is 0.805. The maximum absolute atomic E-state index is 11.8. The Morgan fingerprint density at radius 3 is 2.71 bits per heavy atom. The van der Waals surface area contributed by atoms with Gasteiger partial charge in [0.25, 0.3) is 0 Å². The number of nitrogens with one attached hydrogen (secondary N) is 1. The van der Waals surface area contributed by atoms with Gasteiger partial charge in [0.15, 0.2) is 0 Å². The fourth-order valence-corrected chi connectivity index (χ4v) is 2.16. The van der Waals surface area contributed by atoms with Crippen molar-refractivity contribution in [2.75, 3.05) is 13.1 Å². The Balaban J connectivity index is 1.83. The molecule has 2 fully saturated rings. The Hall–Kier alpha value is -0.770. The van der Waals surface area contributed by atoms with E-state index >= 15 is 0 Å². The number of amides is 2. The second-order valence-electron chi connectivity index (χ2n) is 4.30. The topological polar surface area (TPSA) is 58.4 Å². The van der Waals surface area contributed by atoms with Crippen molar-refractivity contribution in [1.82, 2.24) is 10.2 Å². The third-order valence-corrected chi connectivity index (χ3v) is 3.34. The second-order valence-corrected chi connectivity index (χ2v) is 4.30. The van der Waals surface area contributed by atoms with E-state index in [0.717, 1.165) is 32.2 Å². The van der Waals surface area contributed by atoms with Crippen molar-refractivity contribution in [3.8, 4) is 0 Å². The van der Waals surface area contributed by atoms with E-state index in [1.807, 2.05) is 4.90 Å². The molecule has 4 heteroatoms. The number of nitrogens with zero attached hydrogens (tertiary/aromatic N) is 1. The summed E-state index contributed by atoms with van der Waals surface area (Å²) < 4.78 is 0. The summed E-state index contributed by atoms with van der Waals surface area (Å²) in [4.78, 5) is 13.7. The lowest BCUT2D eigenvalue weighted by Crippen LogP contribution is -2.50. The van der Waals surface area contributed by atoms with Gasteiger partial charge in [-0.2, -0.15) is 0 Å². The maximum atomic E-state index is 11.8. The Bertz CT molecular complexity index is 215. The highest BCUT2D eigenvalue weighted by molar-refractivity contribution is 5.75. The van der Waals surface area contributed by atoms with E-state index in [1.165, 1.54) is 6.42 Å². The maximum Gasteiger partial charge on any atom is 0.317 e. The average Bonchev–Trinajstić information content (AvgIpc) is 2.58. The number of urea groups is 1. The first-order chi connectivity index (χ1) is 6.81. The first-order valence-electron chi connectivity index (χ1n) is 5.58. The molecule has 2 rings (SSSR count). The molecule has 2 amide bonds. The van der Waals surface area contributed by atoms with Crippen LogP contribution in [0.25, 0.3) is 0 Å². The van der Waals surface area contributed by atoms with E-state index < -0.39 is 0 Å². The SMILES string of the molecule is NCC1CCCN1C(=O)NC1CCC1. The second kappa shape index (κ2) is 4.17. The lowest BCUT2D eigenvalue weighted by molar-refractivity contribution is 0.182. The van der Waals surface area contributed by atoms with Gasteiger partial charge in [0.1, 0.15) is 0 Å². The first-order valence-corrected chi connectivity index (χ1v) is 5.58. The molecule has 1 saturated carbocycles. The van der Waals surface area contributed by atoms with Gasteiger partial charge in [0, 0.05) is 25.2 Å². The predicted octanol–water partition coefficient (Wildman–Crippen LogP) is 0.672. The van der Waals surface area contributed by atoms with Gasteiger partial charge in [-0.15, -0.1) is 0 Å². The summed E-state index contributed by atoms with van der Waals surface area (Å²) >= 11 is 0. The van der Waals surface area contributed by atoms with E-state index in [0.29, 0.717) is 12.6 Å². The lowest BCUT2D eigenvalue weighted by atomic mass is 9.93. The van der Waals surface area contributed by atoms with Crippen molar-refractivity contribution < 1.29 is 4.79 Å². The molecule has 0 aromatic heterocycles. The predicted molar refractivity (Wildman–Crippen MR) is 55.0 cm³/mol. The van der Waals surface area contributed by atoms with Gasteiger partial charge in [0.2, 0.25) is 0 Å². The van der Waals surface area contributed by atoms with Crippen molar-refractivity contribution in [2.45, 2.75) is 44.2 Å². The number of nitrogens with two attached hydrogens (primary N) is 1. The van der Waals surface area contributed by atoms with Crippen LogP contribution in [0.4, 0.5) is 4.79 Å². The van der Waals surface area contributed by atoms with Crippen LogP contribution in [0.5, 0.6) is 0 Å². The number of likely N-dealkylation sites (tertiary alicyclic amines) is 1. The molecular formula is C10H19N3O. The largest absolute Gasteiger partial charge is 0.335 e. The molecule has 1 unspecified atom stereocenters. The molecule has 0 radical (unpaired) electrons. The molecule has 2 aliphatic rings. The molecule has 80 valence electrons. The third-order valence-electron chi connectivity index (χ3n) is 3.34. The zero-order valence-electron chi connectivity index (χ0n) is 8.54. The van der Waals surface area contributed by atoms with E-state index in [9.17, 15) is 4.79 Å². The Kier molecular flexibility index (Phi) is 2.91. The van der Waals surface area contributed by atoms with Crippen LogP contribution in [0.15, 0.2) is 0 Å². The normalized spacial score (nSPS) is 27.5. The van der Waals surface area contributed by atoms with Crippen molar-refractivity contribution in [2.24, 2.45) is 5.73 Å². The highest BCUT2D eigenvalue weighted by Gasteiger charge is 2.29. The molecular weight excluding hydrogens is 178 g/mol. The molecule has 3 N–H and O–H groups in total. The minimum atomic E-state index is 0.0997. The summed E-state index contributed by atoms with van der Waals surface area (Å²) in [7, 11) is 0. The third kappa shape index (κ3) is 1.85. The summed E-state index contributed by atoms with van der Waals surface area (Å²) in [6.07, 6.45) is 5.71. The number of hydrogen-bond donors (Lipinski definition) is 2. The van der Waals surface area contributed by atoms with Crippen LogP contribution in [0.3, 0.4) is 0 Å². The minimum absolute atomic E-state index is 0.0997. The number of hydrogen-bond acceptors (Lipinski definition) is 2. The fraction of sp³-hybridized carbons (Fsp3) is 0.900. The highest BCUT2D eigenvalue weighted by atomic mass is 16.2. The monoisotopic (exact) mass is 197 g/mol. The zero-order chi connectivity index (χ0) is 9.97. The van der Waals surface area contributed by atoms with Crippen molar-refractivity contribution in [3.05, 3.63) is 0 Å². The van der Waals surface area contributed by atoms with Crippen LogP contribution in [0.2, 0.25) is 0 Å². The molecule has 0 aromatic rings. The number of carbonyl (C=O) groups excluding carboxylic acids is 1. The quantitative estimate of drug-likeness (QED) is 0.683. The molecule has 1 aliphatic heterocycles. The first kappa shape index (κ1) is 9.77. The molecule has 1 heterocycles. The van der Waals surface area contributed by atoms with Crippen LogP contribution in [0, 0.1) is 0 Å². The van der Waals surface area contributed by atoms with E-state index in [1.54, 1.807) is 0 Å². The van der Waals surface area contributed by atoms with Crippen LogP contribution < -0.4 is 11.1 Å². The highest BCUT2D eigenvalue weighted by Crippen LogP contribution is 2.20. The zero-order valence-corrected chi connectivity index (χ0v) is 8.54. The van der Waals surface area contributed by atoms with E-state index in [4.69, 9.17) is 5.73 Å². The van der Waals surface area contributed by atoms with Gasteiger partial charge in [-0.1, -0.05) is 0 Å². The van der Waals surface area contributed by atoms with Gasteiger partial charge in [0.05, 0.1) is 0 Å². The lowest BCUT2D eigenvalue weighted by Gasteiger charge is -2.31. The van der Waals surface area contributed by atoms with Crippen LogP contribution in [0.1, 0.15) is 32.1 Å². The standard InChI is InChI=1S/C10H19N3O/c11-7-9-5-2-6-13(9)10(14)12-8-3-1-4-8/h8-9H,1-7,11H2,(H,12,14). The van der Waals surface area contributed by atoms with Crippen LogP contribution in [-0.4, -0.2) is 36.1 Å². The Morgan fingerprint density at radius 2 is 2.14 bits per heavy atom. The van der Waals surface area contributed by atoms with Gasteiger partial charge in [-0.25, -0.2) is 4.79 Å². The van der Waals surface area contributed by atoms with Crippen molar-refractivity contribution >= 4 is 6.03 Å². The summed E-state index contributed by atoms with van der Waals surface area (Å²) in [6.45, 7) is 1.47. The Labute approximate surface area is 84.8 Å². The number of carbonyl (C=O) groups is 1. The molecule has 0 spiro atoms. The molecule has 1 aliphatic carbocycles. The van der Waals surface area contributed by atoms with Crippen LogP contribution >= 0.6 is 0 Å². The Morgan fingerprint density at radius 1 is 1.36 bits per heavy atom. The number of rotatable bonds is 2. The minimum Gasteiger partial charge on any atom is -0.335 e. The van der Waals surface area contributed by atoms with Crippen molar-refractivity contribution in [3.63, 3.8) is 0 Å². The molecule has 0 bridgehead atoms. The molecule has 1 atom stereocenters. The van der Waals surface area contributed by atoms with Gasteiger partial charge in [-0.05, 0) is 32.1 Å². The fourth-order valence-electron chi connectivity index (χ4n) is 2.16. The van der Waals surface area contributed by atoms with Gasteiger partial charge < -0.3 is 16.0 Å². The van der Waals surface area contributed by atoms with Crippen LogP contribution in [-0.2, 0) is 0 Å². The average molecular weight is 197 g/mol. The summed E-state index contributed by atoms with van der Waals surface area (Å²) in [5.74, 6) is 0. The smallest absolute Gasteiger partial charge is 0.317 e. The molecule has 4 nitrogen and oxygen atoms in total. The molecule has 0 aromatic carbocycles. The van der Waals surface area contributed by atoms with Crippen molar-refractivity contribution in [1.29, 1.82) is 0 Å². The van der Waals surface area contributed by atoms with E-state index in [2.05, 4.69) is 5.32 Å².